The van der Waals surface area contributed by atoms with Gasteiger partial charge < -0.3 is 4.52 Å². The van der Waals surface area contributed by atoms with Gasteiger partial charge in [0.1, 0.15) is 5.69 Å². The van der Waals surface area contributed by atoms with Crippen LogP contribution in [-0.2, 0) is 10.0 Å². The van der Waals surface area contributed by atoms with Crippen molar-refractivity contribution in [1.29, 1.82) is 0 Å². The summed E-state index contributed by atoms with van der Waals surface area (Å²) in [5.74, 6) is 0.932. The van der Waals surface area contributed by atoms with Crippen LogP contribution in [0.25, 0.3) is 0 Å². The highest BCUT2D eigenvalue weighted by Gasteiger charge is 2.28. The van der Waals surface area contributed by atoms with E-state index in [4.69, 9.17) is 4.52 Å². The molecule has 1 aromatic heterocycles. The maximum atomic E-state index is 12.2. The Labute approximate surface area is 111 Å². The largest absolute Gasteiger partial charge is 0.359 e. The monoisotopic (exact) mass is 278 g/mol. The zero-order valence-electron chi connectivity index (χ0n) is 10.2. The van der Waals surface area contributed by atoms with Crippen molar-refractivity contribution < 1.29 is 12.9 Å². The molecule has 0 aliphatic heterocycles. The highest BCUT2D eigenvalue weighted by Crippen LogP contribution is 2.40. The Morgan fingerprint density at radius 3 is 2.58 bits per heavy atom. The van der Waals surface area contributed by atoms with Crippen LogP contribution in [0.4, 0.5) is 5.69 Å². The first-order valence-electron chi connectivity index (χ1n) is 6.19. The minimum absolute atomic E-state index is 0.232. The lowest BCUT2D eigenvalue weighted by Crippen LogP contribution is -2.16. The van der Waals surface area contributed by atoms with Crippen molar-refractivity contribution in [3.05, 3.63) is 42.3 Å². The Kier molecular flexibility index (Phi) is 3.02. The first-order chi connectivity index (χ1) is 9.17. The molecule has 1 aliphatic carbocycles. The van der Waals surface area contributed by atoms with Gasteiger partial charge in [-0.3, -0.25) is 4.72 Å². The fraction of sp³-hybridized carbons (Fsp3) is 0.308. The molecule has 0 atom stereocenters. The number of rotatable bonds is 4. The van der Waals surface area contributed by atoms with Crippen molar-refractivity contribution in [2.75, 3.05) is 4.72 Å². The Bertz CT molecular complexity index is 660. The van der Waals surface area contributed by atoms with Crippen LogP contribution in [0, 0.1) is 0 Å². The van der Waals surface area contributed by atoms with Crippen LogP contribution in [0.2, 0.25) is 0 Å². The van der Waals surface area contributed by atoms with Gasteiger partial charge in [0.15, 0.2) is 5.76 Å². The first kappa shape index (κ1) is 12.2. The van der Waals surface area contributed by atoms with Gasteiger partial charge in [-0.15, -0.1) is 0 Å². The molecule has 1 aliphatic rings. The SMILES string of the molecule is O=S(=O)(Nc1cnoc1C1CCC1)c1ccccc1. The predicted molar refractivity (Wildman–Crippen MR) is 70.3 cm³/mol. The number of nitrogens with one attached hydrogen (secondary N) is 1. The number of benzene rings is 1. The van der Waals surface area contributed by atoms with Crippen molar-refractivity contribution >= 4 is 15.7 Å². The highest BCUT2D eigenvalue weighted by molar-refractivity contribution is 7.92. The molecular formula is C13H14N2O3S. The van der Waals surface area contributed by atoms with E-state index in [0.717, 1.165) is 19.3 Å². The van der Waals surface area contributed by atoms with Gasteiger partial charge in [-0.2, -0.15) is 0 Å². The van der Waals surface area contributed by atoms with E-state index in [0.29, 0.717) is 11.4 Å². The molecule has 19 heavy (non-hydrogen) atoms. The summed E-state index contributed by atoms with van der Waals surface area (Å²) >= 11 is 0. The van der Waals surface area contributed by atoms with Crippen molar-refractivity contribution in [3.63, 3.8) is 0 Å². The van der Waals surface area contributed by atoms with Crippen LogP contribution in [0.5, 0.6) is 0 Å². The third kappa shape index (κ3) is 2.35. The Morgan fingerprint density at radius 2 is 1.95 bits per heavy atom. The molecule has 1 N–H and O–H groups in total. The summed E-state index contributed by atoms with van der Waals surface area (Å²) in [5, 5.41) is 3.70. The van der Waals surface area contributed by atoms with Crippen LogP contribution < -0.4 is 4.72 Å². The van der Waals surface area contributed by atoms with Gasteiger partial charge in [-0.25, -0.2) is 8.42 Å². The molecule has 0 amide bonds. The average molecular weight is 278 g/mol. The molecule has 0 spiro atoms. The molecule has 0 unspecified atom stereocenters. The Morgan fingerprint density at radius 1 is 1.21 bits per heavy atom. The van der Waals surface area contributed by atoms with Crippen LogP contribution in [0.1, 0.15) is 30.9 Å². The van der Waals surface area contributed by atoms with Crippen LogP contribution in [-0.4, -0.2) is 13.6 Å². The normalized spacial score (nSPS) is 16.0. The fourth-order valence-corrected chi connectivity index (χ4v) is 3.17. The van der Waals surface area contributed by atoms with Crippen LogP contribution in [0.15, 0.2) is 45.9 Å². The third-order valence-corrected chi connectivity index (χ3v) is 4.75. The van der Waals surface area contributed by atoms with Crippen molar-refractivity contribution in [1.82, 2.24) is 5.16 Å². The van der Waals surface area contributed by atoms with E-state index in [-0.39, 0.29) is 10.8 Å². The third-order valence-electron chi connectivity index (χ3n) is 3.37. The van der Waals surface area contributed by atoms with E-state index >= 15 is 0 Å². The van der Waals surface area contributed by atoms with Gasteiger partial charge in [-0.05, 0) is 25.0 Å². The molecule has 5 nitrogen and oxygen atoms in total. The predicted octanol–water partition coefficient (Wildman–Crippen LogP) is 2.74. The van der Waals surface area contributed by atoms with Gasteiger partial charge >= 0.3 is 0 Å². The van der Waals surface area contributed by atoms with Crippen LogP contribution in [0.3, 0.4) is 0 Å². The molecule has 1 aromatic carbocycles. The van der Waals surface area contributed by atoms with Gasteiger partial charge in [0.25, 0.3) is 10.0 Å². The molecule has 1 fully saturated rings. The van der Waals surface area contributed by atoms with Crippen molar-refractivity contribution in [2.45, 2.75) is 30.1 Å². The maximum absolute atomic E-state index is 12.2. The molecule has 2 aromatic rings. The van der Waals surface area contributed by atoms with Gasteiger partial charge in [-0.1, -0.05) is 29.8 Å². The second kappa shape index (κ2) is 4.70. The summed E-state index contributed by atoms with van der Waals surface area (Å²) in [4.78, 5) is 0.232. The molecule has 3 rings (SSSR count). The summed E-state index contributed by atoms with van der Waals surface area (Å²) in [6, 6.07) is 8.26. The number of hydrogen-bond acceptors (Lipinski definition) is 4. The van der Waals surface area contributed by atoms with E-state index in [1.807, 2.05) is 0 Å². The second-order valence-corrected chi connectivity index (χ2v) is 6.33. The van der Waals surface area contributed by atoms with Gasteiger partial charge in [0.2, 0.25) is 0 Å². The molecule has 0 bridgehead atoms. The number of aromatic nitrogens is 1. The zero-order chi connectivity index (χ0) is 13.3. The molecular weight excluding hydrogens is 264 g/mol. The quantitative estimate of drug-likeness (QED) is 0.933. The highest BCUT2D eigenvalue weighted by atomic mass is 32.2. The van der Waals surface area contributed by atoms with E-state index in [2.05, 4.69) is 9.88 Å². The summed E-state index contributed by atoms with van der Waals surface area (Å²) in [5.41, 5.74) is 0.452. The Hall–Kier alpha value is -1.82. The van der Waals surface area contributed by atoms with Crippen LogP contribution >= 0.6 is 0 Å². The van der Waals surface area contributed by atoms with E-state index in [1.165, 1.54) is 6.20 Å². The van der Waals surface area contributed by atoms with Crippen molar-refractivity contribution in [3.8, 4) is 0 Å². The number of hydrogen-bond donors (Lipinski definition) is 1. The molecule has 6 heteroatoms. The second-order valence-electron chi connectivity index (χ2n) is 4.65. The maximum Gasteiger partial charge on any atom is 0.262 e. The summed E-state index contributed by atoms with van der Waals surface area (Å²) in [7, 11) is -3.57. The topological polar surface area (TPSA) is 72.2 Å². The lowest BCUT2D eigenvalue weighted by atomic mass is 9.83. The fourth-order valence-electron chi connectivity index (χ4n) is 2.09. The average Bonchev–Trinajstić information content (AvgIpc) is 2.76. The van der Waals surface area contributed by atoms with E-state index in [9.17, 15) is 8.42 Å². The molecule has 1 heterocycles. The lowest BCUT2D eigenvalue weighted by molar-refractivity contribution is 0.301. The standard InChI is InChI=1S/C13H14N2O3S/c16-19(17,11-7-2-1-3-8-11)15-12-9-14-18-13(12)10-5-4-6-10/h1-3,7-10,15H,4-6H2. The van der Waals surface area contributed by atoms with E-state index < -0.39 is 10.0 Å². The summed E-state index contributed by atoms with van der Waals surface area (Å²) < 4.78 is 32.1. The first-order valence-corrected chi connectivity index (χ1v) is 7.67. The molecule has 0 saturated heterocycles. The minimum atomic E-state index is -3.57. The number of nitrogens with zero attached hydrogens (tertiary/aromatic N) is 1. The summed E-state index contributed by atoms with van der Waals surface area (Å²) in [6.07, 6.45) is 4.62. The van der Waals surface area contributed by atoms with Gasteiger partial charge in [0, 0.05) is 5.92 Å². The van der Waals surface area contributed by atoms with Gasteiger partial charge in [0.05, 0.1) is 11.1 Å². The molecule has 100 valence electrons. The molecule has 1 saturated carbocycles. The smallest absolute Gasteiger partial charge is 0.262 e. The zero-order valence-corrected chi connectivity index (χ0v) is 11.1. The van der Waals surface area contributed by atoms with E-state index in [1.54, 1.807) is 30.3 Å². The molecule has 0 radical (unpaired) electrons. The summed E-state index contributed by atoms with van der Waals surface area (Å²) in [6.45, 7) is 0. The number of sulfonamides is 1. The minimum Gasteiger partial charge on any atom is -0.359 e. The lowest BCUT2D eigenvalue weighted by Gasteiger charge is -2.23. The number of anilines is 1. The van der Waals surface area contributed by atoms with Crippen molar-refractivity contribution in [2.24, 2.45) is 0 Å². The Balaban J connectivity index is 1.87.